The van der Waals surface area contributed by atoms with E-state index < -0.39 is 23.8 Å². The Hall–Kier alpha value is -4.82. The van der Waals surface area contributed by atoms with Crippen molar-refractivity contribution in [2.24, 2.45) is 0 Å². The van der Waals surface area contributed by atoms with Crippen LogP contribution in [-0.2, 0) is 33.5 Å². The minimum atomic E-state index is -0.751. The second kappa shape index (κ2) is 19.9. The third-order valence-corrected chi connectivity index (χ3v) is 10.5. The molecule has 3 N–H and O–H groups in total. The number of carboxylic acids is 1. The molecule has 4 aliphatic heterocycles. The first-order valence-electron chi connectivity index (χ1n) is 19.8. The molecule has 0 unspecified atom stereocenters. The van der Waals surface area contributed by atoms with Crippen molar-refractivity contribution in [2.75, 3.05) is 39.3 Å². The molecule has 14 nitrogen and oxygen atoms in total. The Balaban J connectivity index is 0.000000216. The number of hydrogen-bond acceptors (Lipinski definition) is 11. The third-order valence-electron chi connectivity index (χ3n) is 10.5. The number of amides is 4. The number of likely N-dealkylation sites (tertiary alicyclic amines) is 2. The first-order chi connectivity index (χ1) is 26.7. The van der Waals surface area contributed by atoms with Crippen LogP contribution >= 0.6 is 0 Å². The number of piperidine rings is 4. The highest BCUT2D eigenvalue weighted by Crippen LogP contribution is 2.31. The largest absolute Gasteiger partial charge is 0.481 e. The number of imide groups is 2. The fourth-order valence-corrected chi connectivity index (χ4v) is 7.41. The number of carbonyl (C=O) groups is 6. The van der Waals surface area contributed by atoms with Crippen LogP contribution in [0.25, 0.3) is 0 Å². The second-order valence-electron chi connectivity index (χ2n) is 16.0. The first-order valence-corrected chi connectivity index (χ1v) is 19.8. The molecule has 4 heterocycles. The van der Waals surface area contributed by atoms with Gasteiger partial charge in [-0.15, -0.1) is 0 Å². The van der Waals surface area contributed by atoms with Gasteiger partial charge in [-0.05, 0) is 120 Å². The normalized spacial score (nSPS) is 21.6. The molecule has 2 atom stereocenters. The van der Waals surface area contributed by atoms with Crippen molar-refractivity contribution in [2.45, 2.75) is 115 Å². The molecule has 6 rings (SSSR count). The van der Waals surface area contributed by atoms with E-state index in [1.165, 1.54) is 11.1 Å². The van der Waals surface area contributed by atoms with Gasteiger partial charge in [0.25, 0.3) is 11.8 Å². The number of nitrogens with zero attached hydrogens (tertiary/aromatic N) is 2. The minimum Gasteiger partial charge on any atom is -0.481 e. The quantitative estimate of drug-likeness (QED) is 0.206. The Morgan fingerprint density at radius 3 is 1.39 bits per heavy atom. The molecule has 4 saturated heterocycles. The average molecular weight is 777 g/mol. The predicted molar refractivity (Wildman–Crippen MR) is 206 cm³/mol. The lowest BCUT2D eigenvalue weighted by Gasteiger charge is -2.32. The molecule has 0 saturated carbocycles. The van der Waals surface area contributed by atoms with E-state index in [0.29, 0.717) is 62.0 Å². The van der Waals surface area contributed by atoms with Crippen LogP contribution in [0.2, 0.25) is 0 Å². The van der Waals surface area contributed by atoms with Gasteiger partial charge in [0.1, 0.15) is 17.1 Å². The summed E-state index contributed by atoms with van der Waals surface area (Å²) >= 11 is 0. The number of carboxylic acid groups (broad SMARTS) is 1. The molecule has 0 spiro atoms. The SMILES string of the molecule is CC(C)(C)OC(=O)CCN1CCC(c2ccc(O[C@H]3CCC(=O)NC3=O)cc2)CC1.O=C(O)CCN1CCC(c2ccc(O[C@H]3CCC(=O)NC3=O)cc2)CC1. The van der Waals surface area contributed by atoms with Crippen molar-refractivity contribution in [3.8, 4) is 11.5 Å². The van der Waals surface area contributed by atoms with E-state index in [2.05, 4.69) is 32.6 Å². The van der Waals surface area contributed by atoms with Crippen LogP contribution < -0.4 is 20.1 Å². The van der Waals surface area contributed by atoms with Gasteiger partial charge in [-0.1, -0.05) is 24.3 Å². The average Bonchev–Trinajstić information content (AvgIpc) is 3.16. The molecular formula is C42H56N4O10. The summed E-state index contributed by atoms with van der Waals surface area (Å²) in [7, 11) is 0. The number of ether oxygens (including phenoxy) is 3. The molecule has 2 aromatic carbocycles. The molecule has 56 heavy (non-hydrogen) atoms. The summed E-state index contributed by atoms with van der Waals surface area (Å²) in [6, 6.07) is 15.7. The van der Waals surface area contributed by atoms with Crippen molar-refractivity contribution >= 4 is 35.6 Å². The monoisotopic (exact) mass is 776 g/mol. The van der Waals surface area contributed by atoms with Gasteiger partial charge in [-0.2, -0.15) is 0 Å². The Kier molecular flexibility index (Phi) is 15.0. The number of esters is 1. The molecule has 0 aliphatic carbocycles. The van der Waals surface area contributed by atoms with Gasteiger partial charge < -0.3 is 29.1 Å². The number of benzene rings is 2. The maximum Gasteiger partial charge on any atom is 0.307 e. The standard InChI is InChI=1S/C23H32N2O5.C19H24N2O5/c1-23(2,3)30-21(27)12-15-25-13-10-17(11-14-25)16-4-6-18(7-5-16)29-19-8-9-20(26)24-22(19)28;22-17-6-5-16(19(25)20-17)26-15-3-1-13(2-4-15)14-7-10-21(11-8-14)12-9-18(23)24/h4-7,17,19H,8-15H2,1-3H3,(H,24,26,28);1-4,14,16H,5-12H2,(H,23,24)(H,20,22,25)/t19-;16-/m00/s1. The lowest BCUT2D eigenvalue weighted by atomic mass is 9.89. The van der Waals surface area contributed by atoms with Gasteiger partial charge in [-0.3, -0.25) is 39.4 Å². The van der Waals surface area contributed by atoms with E-state index in [4.69, 9.17) is 19.3 Å². The summed E-state index contributed by atoms with van der Waals surface area (Å²) in [4.78, 5) is 73.1. The van der Waals surface area contributed by atoms with Crippen molar-refractivity contribution < 1.29 is 48.1 Å². The topological polar surface area (TPSA) is 181 Å². The van der Waals surface area contributed by atoms with Gasteiger partial charge in [0, 0.05) is 38.8 Å². The van der Waals surface area contributed by atoms with E-state index >= 15 is 0 Å². The Morgan fingerprint density at radius 2 is 1.04 bits per heavy atom. The zero-order valence-electron chi connectivity index (χ0n) is 32.8. The lowest BCUT2D eigenvalue weighted by molar-refractivity contribution is -0.155. The highest BCUT2D eigenvalue weighted by atomic mass is 16.6. The van der Waals surface area contributed by atoms with E-state index in [0.717, 1.165) is 58.4 Å². The Morgan fingerprint density at radius 1 is 0.643 bits per heavy atom. The molecular weight excluding hydrogens is 720 g/mol. The highest BCUT2D eigenvalue weighted by Gasteiger charge is 2.30. The zero-order valence-corrected chi connectivity index (χ0v) is 32.8. The van der Waals surface area contributed by atoms with E-state index in [9.17, 15) is 28.8 Å². The van der Waals surface area contributed by atoms with Crippen molar-refractivity contribution in [1.82, 2.24) is 20.4 Å². The third kappa shape index (κ3) is 13.4. The Bertz CT molecular complexity index is 1670. The van der Waals surface area contributed by atoms with Crippen molar-refractivity contribution in [3.05, 3.63) is 59.7 Å². The molecule has 2 aromatic rings. The zero-order chi connectivity index (χ0) is 40.2. The number of nitrogens with one attached hydrogen (secondary N) is 2. The molecule has 4 fully saturated rings. The van der Waals surface area contributed by atoms with Crippen LogP contribution in [0.5, 0.6) is 11.5 Å². The van der Waals surface area contributed by atoms with E-state index in [-0.39, 0.29) is 36.0 Å². The molecule has 0 radical (unpaired) electrons. The molecule has 4 aliphatic rings. The van der Waals surface area contributed by atoms with Crippen LogP contribution in [0.1, 0.15) is 108 Å². The van der Waals surface area contributed by atoms with Gasteiger partial charge in [0.2, 0.25) is 11.8 Å². The highest BCUT2D eigenvalue weighted by molar-refractivity contribution is 6.00. The van der Waals surface area contributed by atoms with E-state index in [1.807, 2.05) is 57.2 Å². The lowest BCUT2D eigenvalue weighted by Crippen LogP contribution is -2.46. The van der Waals surface area contributed by atoms with Crippen LogP contribution in [0.3, 0.4) is 0 Å². The maximum atomic E-state index is 11.9. The number of hydrogen-bond donors (Lipinski definition) is 3. The van der Waals surface area contributed by atoms with Crippen molar-refractivity contribution in [3.63, 3.8) is 0 Å². The van der Waals surface area contributed by atoms with Gasteiger partial charge in [0.05, 0.1) is 12.8 Å². The molecule has 0 bridgehead atoms. The van der Waals surface area contributed by atoms with E-state index in [1.54, 1.807) is 0 Å². The van der Waals surface area contributed by atoms with Crippen LogP contribution in [0.4, 0.5) is 0 Å². The summed E-state index contributed by atoms with van der Waals surface area (Å²) < 4.78 is 16.8. The van der Waals surface area contributed by atoms with Crippen LogP contribution in [-0.4, -0.2) is 108 Å². The second-order valence-corrected chi connectivity index (χ2v) is 16.0. The fourth-order valence-electron chi connectivity index (χ4n) is 7.41. The fraction of sp³-hybridized carbons (Fsp3) is 0.571. The molecule has 14 heteroatoms. The summed E-state index contributed by atoms with van der Waals surface area (Å²) in [6.07, 6.45) is 4.91. The predicted octanol–water partition coefficient (Wildman–Crippen LogP) is 4.31. The number of carbonyl (C=O) groups excluding carboxylic acids is 5. The summed E-state index contributed by atoms with van der Waals surface area (Å²) in [5, 5.41) is 13.4. The van der Waals surface area contributed by atoms with Crippen LogP contribution in [0.15, 0.2) is 48.5 Å². The first kappa shape index (κ1) is 42.3. The van der Waals surface area contributed by atoms with Gasteiger partial charge in [0.15, 0.2) is 12.2 Å². The smallest absolute Gasteiger partial charge is 0.307 e. The molecule has 4 amide bonds. The minimum absolute atomic E-state index is 0.142. The Labute approximate surface area is 328 Å². The van der Waals surface area contributed by atoms with Crippen molar-refractivity contribution in [1.29, 1.82) is 0 Å². The maximum absolute atomic E-state index is 11.9. The van der Waals surface area contributed by atoms with Crippen LogP contribution in [0, 0.1) is 0 Å². The molecule has 0 aromatic heterocycles. The number of aliphatic carboxylic acids is 1. The summed E-state index contributed by atoms with van der Waals surface area (Å²) in [5.74, 6) is 0.0777. The molecule has 304 valence electrons. The number of rotatable bonds is 12. The summed E-state index contributed by atoms with van der Waals surface area (Å²) in [6.45, 7) is 10.7. The van der Waals surface area contributed by atoms with Gasteiger partial charge >= 0.3 is 11.9 Å². The van der Waals surface area contributed by atoms with Gasteiger partial charge in [-0.25, -0.2) is 0 Å². The summed E-state index contributed by atoms with van der Waals surface area (Å²) in [5.41, 5.74) is 2.06.